The maximum absolute atomic E-state index is 14.1. The van der Waals surface area contributed by atoms with Crippen molar-refractivity contribution in [2.24, 2.45) is 10.1 Å². The summed E-state index contributed by atoms with van der Waals surface area (Å²) in [5, 5.41) is 18.3. The molecule has 0 unspecified atom stereocenters. The lowest BCUT2D eigenvalue weighted by Gasteiger charge is -2.31. The number of nitriles is 1. The quantitative estimate of drug-likeness (QED) is 0.758. The van der Waals surface area contributed by atoms with Crippen molar-refractivity contribution in [2.45, 2.75) is 31.1 Å². The average Bonchev–Trinajstić information content (AvgIpc) is 2.46. The first-order valence-electron chi connectivity index (χ1n) is 6.96. The van der Waals surface area contributed by atoms with Gasteiger partial charge in [-0.25, -0.2) is 13.0 Å². The van der Waals surface area contributed by atoms with Gasteiger partial charge in [-0.1, -0.05) is 15.9 Å². The SMILES string of the molecule is CC(C)(C#N)[S@@](=O)(C[C@](C)(N)c1cc(Br)ccc1F)=NCCO. The number of halogens is 2. The summed E-state index contributed by atoms with van der Waals surface area (Å²) in [5.74, 6) is -0.717. The van der Waals surface area contributed by atoms with Crippen molar-refractivity contribution in [3.63, 3.8) is 0 Å². The van der Waals surface area contributed by atoms with Crippen molar-refractivity contribution in [1.82, 2.24) is 0 Å². The minimum atomic E-state index is -3.12. The molecule has 8 heteroatoms. The minimum Gasteiger partial charge on any atom is -0.394 e. The van der Waals surface area contributed by atoms with E-state index in [-0.39, 0.29) is 24.5 Å². The highest BCUT2D eigenvalue weighted by Gasteiger charge is 2.39. The topological polar surface area (TPSA) is 99.5 Å². The second kappa shape index (κ2) is 7.26. The Kier molecular flexibility index (Phi) is 6.32. The first kappa shape index (κ1) is 20.0. The van der Waals surface area contributed by atoms with Crippen molar-refractivity contribution in [3.05, 3.63) is 34.1 Å². The second-order valence-corrected chi connectivity index (χ2v) is 9.79. The number of nitrogens with zero attached hydrogens (tertiary/aromatic N) is 2. The van der Waals surface area contributed by atoms with Crippen LogP contribution in [-0.2, 0) is 15.3 Å². The summed E-state index contributed by atoms with van der Waals surface area (Å²) in [6, 6.07) is 6.32. The van der Waals surface area contributed by atoms with Gasteiger partial charge in [0.25, 0.3) is 0 Å². The Morgan fingerprint density at radius 3 is 2.61 bits per heavy atom. The molecule has 0 fully saturated rings. The Labute approximate surface area is 145 Å². The van der Waals surface area contributed by atoms with Crippen LogP contribution in [0.15, 0.2) is 27.0 Å². The second-order valence-electron chi connectivity index (χ2n) is 6.02. The highest BCUT2D eigenvalue weighted by Crippen LogP contribution is 2.30. The third-order valence-corrected chi connectivity index (χ3v) is 7.28. The lowest BCUT2D eigenvalue weighted by atomic mass is 9.95. The van der Waals surface area contributed by atoms with Crippen molar-refractivity contribution < 1.29 is 13.7 Å². The van der Waals surface area contributed by atoms with E-state index < -0.39 is 25.8 Å². The molecule has 0 saturated carbocycles. The number of hydrogen-bond acceptors (Lipinski definition) is 5. The molecule has 1 aromatic carbocycles. The Morgan fingerprint density at radius 2 is 2.09 bits per heavy atom. The van der Waals surface area contributed by atoms with E-state index in [2.05, 4.69) is 20.3 Å². The van der Waals surface area contributed by atoms with Crippen molar-refractivity contribution >= 4 is 25.7 Å². The summed E-state index contributed by atoms with van der Waals surface area (Å²) in [6.07, 6.45) is 0. The Morgan fingerprint density at radius 1 is 1.48 bits per heavy atom. The summed E-state index contributed by atoms with van der Waals surface area (Å²) in [6.45, 7) is 4.21. The lowest BCUT2D eigenvalue weighted by Crippen LogP contribution is -2.46. The van der Waals surface area contributed by atoms with Crippen LogP contribution in [0.5, 0.6) is 0 Å². The smallest absolute Gasteiger partial charge is 0.135 e. The summed E-state index contributed by atoms with van der Waals surface area (Å²) in [4.78, 5) is 0. The van der Waals surface area contributed by atoms with Gasteiger partial charge < -0.3 is 10.8 Å². The van der Waals surface area contributed by atoms with E-state index in [1.165, 1.54) is 26.0 Å². The molecule has 3 N–H and O–H groups in total. The fourth-order valence-corrected chi connectivity index (χ4v) is 4.69. The number of hydrogen-bond donors (Lipinski definition) is 2. The number of aliphatic hydroxyl groups is 1. The van der Waals surface area contributed by atoms with Gasteiger partial charge in [-0.3, -0.25) is 0 Å². The Balaban J connectivity index is 3.41. The molecule has 0 aliphatic heterocycles. The Bertz CT molecular complexity index is 735. The molecular weight excluding hydrogens is 385 g/mol. The van der Waals surface area contributed by atoms with Crippen molar-refractivity contribution in [3.8, 4) is 6.07 Å². The summed E-state index contributed by atoms with van der Waals surface area (Å²) >= 11 is 3.26. The normalized spacial score (nSPS) is 17.0. The van der Waals surface area contributed by atoms with Crippen LogP contribution in [0.2, 0.25) is 0 Å². The molecule has 128 valence electrons. The van der Waals surface area contributed by atoms with Crippen LogP contribution in [0, 0.1) is 17.1 Å². The zero-order valence-electron chi connectivity index (χ0n) is 13.3. The molecule has 0 amide bonds. The number of rotatable bonds is 6. The first-order chi connectivity index (χ1) is 10.5. The average molecular weight is 406 g/mol. The molecular formula is C15H21BrFN3O2S. The van der Waals surface area contributed by atoms with Crippen LogP contribution >= 0.6 is 15.9 Å². The summed E-state index contributed by atoms with van der Waals surface area (Å²) in [7, 11) is -3.12. The fraction of sp³-hybridized carbons (Fsp3) is 0.533. The van der Waals surface area contributed by atoms with Gasteiger partial charge in [0, 0.05) is 10.0 Å². The number of aliphatic hydroxyl groups excluding tert-OH is 1. The van der Waals surface area contributed by atoms with Crippen molar-refractivity contribution in [1.29, 1.82) is 5.26 Å². The maximum Gasteiger partial charge on any atom is 0.135 e. The van der Waals surface area contributed by atoms with Crippen LogP contribution in [0.4, 0.5) is 4.39 Å². The van der Waals surface area contributed by atoms with Gasteiger partial charge in [0.15, 0.2) is 0 Å². The van der Waals surface area contributed by atoms with Gasteiger partial charge in [-0.2, -0.15) is 5.26 Å². The summed E-state index contributed by atoms with van der Waals surface area (Å²) in [5.41, 5.74) is 5.14. The van der Waals surface area contributed by atoms with Gasteiger partial charge in [-0.05, 0) is 39.0 Å². The molecule has 23 heavy (non-hydrogen) atoms. The van der Waals surface area contributed by atoms with Gasteiger partial charge in [0.2, 0.25) is 0 Å². The van der Waals surface area contributed by atoms with E-state index in [1.54, 1.807) is 13.0 Å². The van der Waals surface area contributed by atoms with Crippen LogP contribution in [0.1, 0.15) is 26.3 Å². The summed E-state index contributed by atoms with van der Waals surface area (Å²) < 4.78 is 30.8. The van der Waals surface area contributed by atoms with E-state index in [0.29, 0.717) is 4.47 Å². The fourth-order valence-electron chi connectivity index (χ4n) is 2.07. The highest BCUT2D eigenvalue weighted by atomic mass is 79.9. The molecule has 0 heterocycles. The van der Waals surface area contributed by atoms with Crippen LogP contribution < -0.4 is 5.73 Å². The van der Waals surface area contributed by atoms with Crippen LogP contribution in [-0.4, -0.2) is 33.0 Å². The van der Waals surface area contributed by atoms with Crippen LogP contribution in [0.25, 0.3) is 0 Å². The van der Waals surface area contributed by atoms with E-state index in [1.807, 2.05) is 6.07 Å². The molecule has 0 aliphatic rings. The minimum absolute atomic E-state index is 0.0685. The standard InChI is InChI=1S/C15H21BrFN3O2S/c1-14(2,9-18)23(22,20-6-7-21)10-15(3,19)12-8-11(16)4-5-13(12)17/h4-5,8,21H,6-7,10,19H2,1-3H3/t15-,23-/m0/s1. The van der Waals surface area contributed by atoms with E-state index in [4.69, 9.17) is 10.8 Å². The molecule has 0 radical (unpaired) electrons. The highest BCUT2D eigenvalue weighted by molar-refractivity contribution is 9.10. The van der Waals surface area contributed by atoms with Crippen molar-refractivity contribution in [2.75, 3.05) is 18.9 Å². The predicted octanol–water partition coefficient (Wildman–Crippen LogP) is 2.52. The molecule has 0 bridgehead atoms. The zero-order valence-corrected chi connectivity index (χ0v) is 15.7. The van der Waals surface area contributed by atoms with E-state index in [0.717, 1.165) is 0 Å². The third kappa shape index (κ3) is 4.51. The maximum atomic E-state index is 14.1. The third-order valence-electron chi connectivity index (χ3n) is 3.51. The molecule has 5 nitrogen and oxygen atoms in total. The molecule has 2 atom stereocenters. The molecule has 1 aromatic rings. The lowest BCUT2D eigenvalue weighted by molar-refractivity contribution is 0.307. The monoisotopic (exact) mass is 405 g/mol. The van der Waals surface area contributed by atoms with E-state index in [9.17, 15) is 13.9 Å². The molecule has 0 aromatic heterocycles. The number of nitrogens with two attached hydrogens (primary N) is 1. The molecule has 0 saturated heterocycles. The molecule has 0 spiro atoms. The zero-order chi connectivity index (χ0) is 17.9. The van der Waals surface area contributed by atoms with Gasteiger partial charge >= 0.3 is 0 Å². The van der Waals surface area contributed by atoms with Gasteiger partial charge in [-0.15, -0.1) is 0 Å². The number of benzene rings is 1. The van der Waals surface area contributed by atoms with Gasteiger partial charge in [0.05, 0.1) is 40.2 Å². The largest absolute Gasteiger partial charge is 0.394 e. The first-order valence-corrected chi connectivity index (χ1v) is 9.43. The molecule has 1 rings (SSSR count). The predicted molar refractivity (Wildman–Crippen MR) is 92.7 cm³/mol. The molecule has 0 aliphatic carbocycles. The van der Waals surface area contributed by atoms with E-state index >= 15 is 0 Å². The Hall–Kier alpha value is -1.01. The van der Waals surface area contributed by atoms with Gasteiger partial charge in [0.1, 0.15) is 10.6 Å². The van der Waals surface area contributed by atoms with Crippen LogP contribution in [0.3, 0.4) is 0 Å².